The number of halogens is 6. The van der Waals surface area contributed by atoms with E-state index in [0.717, 1.165) is 6.92 Å². The van der Waals surface area contributed by atoms with Gasteiger partial charge in [-0.1, -0.05) is 11.5 Å². The molecule has 0 saturated carbocycles. The van der Waals surface area contributed by atoms with Gasteiger partial charge < -0.3 is 0 Å². The first-order chi connectivity index (χ1) is 7.03. The molecule has 0 saturated heterocycles. The summed E-state index contributed by atoms with van der Waals surface area (Å²) in [5, 5.41) is 0. The lowest BCUT2D eigenvalue weighted by atomic mass is 9.86. The third-order valence-electron chi connectivity index (χ3n) is 2.30. The van der Waals surface area contributed by atoms with E-state index in [0.29, 0.717) is 6.07 Å². The summed E-state index contributed by atoms with van der Waals surface area (Å²) in [7, 11) is 1.22. The van der Waals surface area contributed by atoms with Gasteiger partial charge in [-0.3, -0.25) is 0 Å². The van der Waals surface area contributed by atoms with Gasteiger partial charge in [0, 0.05) is 0 Å². The average Bonchev–Trinajstić information content (AvgIpc) is 2.05. The number of alkyl halides is 6. The second-order valence-electron chi connectivity index (χ2n) is 3.46. The van der Waals surface area contributed by atoms with Gasteiger partial charge in [-0.05, 0) is 18.6 Å². The van der Waals surface area contributed by atoms with Crippen LogP contribution in [0.2, 0.25) is 0 Å². The summed E-state index contributed by atoms with van der Waals surface area (Å²) in [6.45, 7) is 1.15. The zero-order valence-electron chi connectivity index (χ0n) is 8.42. The zero-order valence-corrected chi connectivity index (χ0v) is 8.42. The maximum Gasteiger partial charge on any atom is 0.416 e. The fraction of sp³-hybridized carbons (Fsp3) is 0.333. The first-order valence-corrected chi connectivity index (χ1v) is 4.29. The van der Waals surface area contributed by atoms with Crippen molar-refractivity contribution in [3.8, 4) is 0 Å². The van der Waals surface area contributed by atoms with E-state index in [-0.39, 0.29) is 17.1 Å². The van der Waals surface area contributed by atoms with E-state index >= 15 is 0 Å². The minimum absolute atomic E-state index is 0.0258. The zero-order chi connectivity index (χ0) is 12.7. The summed E-state index contributed by atoms with van der Waals surface area (Å²) in [6, 6.07) is 0.854. The SMILES string of the molecule is Bc1cc(C(F)(F)F)cc(C(F)(F)F)c1C. The predicted octanol–water partition coefficient (Wildman–Crippen LogP) is 2.29. The molecule has 0 radical (unpaired) electrons. The van der Waals surface area contributed by atoms with Crippen molar-refractivity contribution in [2.24, 2.45) is 0 Å². The van der Waals surface area contributed by atoms with Gasteiger partial charge >= 0.3 is 12.4 Å². The fourth-order valence-electron chi connectivity index (χ4n) is 1.32. The maximum absolute atomic E-state index is 12.4. The average molecular weight is 240 g/mol. The minimum Gasteiger partial charge on any atom is -0.166 e. The fourth-order valence-corrected chi connectivity index (χ4v) is 1.32. The van der Waals surface area contributed by atoms with Crippen LogP contribution in [0.25, 0.3) is 0 Å². The van der Waals surface area contributed by atoms with Gasteiger partial charge in [0.15, 0.2) is 0 Å². The van der Waals surface area contributed by atoms with Gasteiger partial charge in [-0.25, -0.2) is 0 Å². The molecule has 0 nitrogen and oxygen atoms in total. The van der Waals surface area contributed by atoms with E-state index in [1.165, 1.54) is 7.85 Å². The van der Waals surface area contributed by atoms with Crippen molar-refractivity contribution < 1.29 is 26.3 Å². The van der Waals surface area contributed by atoms with Crippen LogP contribution >= 0.6 is 0 Å². The van der Waals surface area contributed by atoms with Gasteiger partial charge in [-0.2, -0.15) is 26.3 Å². The Bertz CT molecular complexity index is 404. The van der Waals surface area contributed by atoms with E-state index in [2.05, 4.69) is 0 Å². The van der Waals surface area contributed by atoms with Gasteiger partial charge in [0.05, 0.1) is 11.1 Å². The van der Waals surface area contributed by atoms with Gasteiger partial charge in [0.25, 0.3) is 0 Å². The highest BCUT2D eigenvalue weighted by molar-refractivity contribution is 6.33. The molecular weight excluding hydrogens is 233 g/mol. The van der Waals surface area contributed by atoms with Crippen LogP contribution in [-0.4, -0.2) is 7.85 Å². The molecule has 0 aromatic heterocycles. The Morgan fingerprint density at radius 3 is 1.81 bits per heavy atom. The number of hydrogen-bond acceptors (Lipinski definition) is 0. The molecule has 88 valence electrons. The van der Waals surface area contributed by atoms with Crippen LogP contribution in [0.5, 0.6) is 0 Å². The maximum atomic E-state index is 12.4. The summed E-state index contributed by atoms with van der Waals surface area (Å²) in [6.07, 6.45) is -9.53. The quantitative estimate of drug-likeness (QED) is 0.482. The molecule has 0 fully saturated rings. The largest absolute Gasteiger partial charge is 0.416 e. The second kappa shape index (κ2) is 3.71. The standard InChI is InChI=1S/C9H7BF6/c1-4-6(9(14,15)16)2-5(3-7(4)10)8(11,12)13/h2-3H,10H2,1H3. The van der Waals surface area contributed by atoms with Crippen molar-refractivity contribution in [1.82, 2.24) is 0 Å². The van der Waals surface area contributed by atoms with Crippen LogP contribution in [0.15, 0.2) is 12.1 Å². The number of hydrogen-bond donors (Lipinski definition) is 0. The van der Waals surface area contributed by atoms with Crippen molar-refractivity contribution in [3.05, 3.63) is 28.8 Å². The third kappa shape index (κ3) is 2.51. The van der Waals surface area contributed by atoms with E-state index in [1.807, 2.05) is 0 Å². The molecule has 1 aromatic rings. The lowest BCUT2D eigenvalue weighted by Crippen LogP contribution is -2.20. The summed E-state index contributed by atoms with van der Waals surface area (Å²) in [5.74, 6) is 0. The molecule has 0 bridgehead atoms. The molecule has 0 unspecified atom stereocenters. The van der Waals surface area contributed by atoms with Crippen LogP contribution in [0.3, 0.4) is 0 Å². The van der Waals surface area contributed by atoms with Gasteiger partial charge in [0.2, 0.25) is 0 Å². The molecule has 0 heterocycles. The topological polar surface area (TPSA) is 0 Å². The molecule has 0 spiro atoms. The highest BCUT2D eigenvalue weighted by atomic mass is 19.4. The van der Waals surface area contributed by atoms with E-state index in [9.17, 15) is 26.3 Å². The molecule has 0 amide bonds. The molecule has 16 heavy (non-hydrogen) atoms. The summed E-state index contributed by atoms with van der Waals surface area (Å²) in [4.78, 5) is 0. The molecule has 0 aliphatic rings. The van der Waals surface area contributed by atoms with Gasteiger partial charge in [-0.15, -0.1) is 0 Å². The van der Waals surface area contributed by atoms with E-state index in [1.54, 1.807) is 0 Å². The van der Waals surface area contributed by atoms with Crippen LogP contribution in [-0.2, 0) is 12.4 Å². The van der Waals surface area contributed by atoms with Crippen LogP contribution < -0.4 is 5.46 Å². The summed E-state index contributed by atoms with van der Waals surface area (Å²) < 4.78 is 74.2. The Morgan fingerprint density at radius 1 is 0.938 bits per heavy atom. The Labute approximate surface area is 88.7 Å². The van der Waals surface area contributed by atoms with Crippen molar-refractivity contribution in [2.75, 3.05) is 0 Å². The molecule has 7 heteroatoms. The Hall–Kier alpha value is -1.14. The minimum atomic E-state index is -4.77. The number of benzene rings is 1. The normalized spacial score (nSPS) is 12.9. The van der Waals surface area contributed by atoms with Crippen LogP contribution in [0.1, 0.15) is 16.7 Å². The third-order valence-corrected chi connectivity index (χ3v) is 2.30. The van der Waals surface area contributed by atoms with Crippen LogP contribution in [0.4, 0.5) is 26.3 Å². The van der Waals surface area contributed by atoms with Crippen molar-refractivity contribution in [2.45, 2.75) is 19.3 Å². The van der Waals surface area contributed by atoms with Crippen molar-refractivity contribution in [3.63, 3.8) is 0 Å². The Balaban J connectivity index is 3.46. The Morgan fingerprint density at radius 2 is 1.44 bits per heavy atom. The summed E-state index contributed by atoms with van der Waals surface area (Å²) in [5.41, 5.74) is -2.72. The molecule has 0 atom stereocenters. The van der Waals surface area contributed by atoms with Gasteiger partial charge in [0.1, 0.15) is 7.85 Å². The van der Waals surface area contributed by atoms with Crippen molar-refractivity contribution in [1.29, 1.82) is 0 Å². The molecule has 1 rings (SSSR count). The monoisotopic (exact) mass is 240 g/mol. The first-order valence-electron chi connectivity index (χ1n) is 4.29. The predicted molar refractivity (Wildman–Crippen MR) is 49.4 cm³/mol. The van der Waals surface area contributed by atoms with Crippen molar-refractivity contribution >= 4 is 13.3 Å². The Kier molecular flexibility index (Phi) is 3.00. The molecule has 1 aromatic carbocycles. The molecular formula is C9H7BF6. The van der Waals surface area contributed by atoms with E-state index < -0.39 is 23.5 Å². The highest BCUT2D eigenvalue weighted by Gasteiger charge is 2.37. The van der Waals surface area contributed by atoms with Crippen LogP contribution in [0, 0.1) is 6.92 Å². The number of rotatable bonds is 0. The second-order valence-corrected chi connectivity index (χ2v) is 3.46. The smallest absolute Gasteiger partial charge is 0.166 e. The molecule has 0 aliphatic heterocycles. The first kappa shape index (κ1) is 12.9. The highest BCUT2D eigenvalue weighted by Crippen LogP contribution is 2.36. The lowest BCUT2D eigenvalue weighted by molar-refractivity contribution is -0.143. The summed E-state index contributed by atoms with van der Waals surface area (Å²) >= 11 is 0. The van der Waals surface area contributed by atoms with E-state index in [4.69, 9.17) is 0 Å². The lowest BCUT2D eigenvalue weighted by Gasteiger charge is -2.16. The molecule has 0 aliphatic carbocycles. The molecule has 0 N–H and O–H groups in total.